The van der Waals surface area contributed by atoms with Gasteiger partial charge in [-0.15, -0.1) is 0 Å². The highest BCUT2D eigenvalue weighted by Crippen LogP contribution is 2.64. The Hall–Kier alpha value is -2.04. The Kier molecular flexibility index (Phi) is 2.07. The van der Waals surface area contributed by atoms with Gasteiger partial charge >= 0.3 is 0 Å². The van der Waals surface area contributed by atoms with E-state index in [2.05, 4.69) is 18.8 Å². The quantitative estimate of drug-likeness (QED) is 0.879. The summed E-state index contributed by atoms with van der Waals surface area (Å²) in [5, 5.41) is 0. The zero-order valence-electron chi connectivity index (χ0n) is 12.7. The van der Waals surface area contributed by atoms with Crippen LogP contribution in [0.3, 0.4) is 0 Å². The van der Waals surface area contributed by atoms with E-state index in [9.17, 15) is 4.79 Å². The number of H-pyrrole nitrogens is 1. The lowest BCUT2D eigenvalue weighted by atomic mass is 9.68. The van der Waals surface area contributed by atoms with Gasteiger partial charge in [0.1, 0.15) is 11.6 Å². The predicted octanol–water partition coefficient (Wildman–Crippen LogP) is 2.94. The molecule has 2 fully saturated rings. The van der Waals surface area contributed by atoms with E-state index in [1.165, 1.54) is 0 Å². The molecule has 2 atom stereocenters. The number of nitrogens with one attached hydrogen (secondary N) is 1. The monoisotopic (exact) mass is 298 g/mol. The zero-order valence-corrected chi connectivity index (χ0v) is 12.7. The van der Waals surface area contributed by atoms with E-state index in [4.69, 9.17) is 14.5 Å². The van der Waals surface area contributed by atoms with Crippen LogP contribution < -0.4 is 9.47 Å². The number of aromatic amines is 1. The minimum atomic E-state index is -0.456. The molecule has 2 aromatic rings. The number of aromatic nitrogens is 2. The summed E-state index contributed by atoms with van der Waals surface area (Å²) < 4.78 is 10.8. The van der Waals surface area contributed by atoms with Crippen LogP contribution in [0.4, 0.5) is 0 Å². The summed E-state index contributed by atoms with van der Waals surface area (Å²) in [4.78, 5) is 20.9. The van der Waals surface area contributed by atoms with Crippen molar-refractivity contribution in [2.24, 2.45) is 11.3 Å². The number of benzene rings is 1. The van der Waals surface area contributed by atoms with E-state index in [-0.39, 0.29) is 12.2 Å². The van der Waals surface area contributed by atoms with Gasteiger partial charge in [-0.25, -0.2) is 4.98 Å². The maximum atomic E-state index is 12.7. The second-order valence-corrected chi connectivity index (χ2v) is 7.30. The molecule has 5 heteroatoms. The third kappa shape index (κ3) is 1.22. The second-order valence-electron chi connectivity index (χ2n) is 7.30. The van der Waals surface area contributed by atoms with Crippen LogP contribution >= 0.6 is 0 Å². The molecule has 1 aromatic heterocycles. The first kappa shape index (κ1) is 12.5. The van der Waals surface area contributed by atoms with Gasteiger partial charge in [-0.2, -0.15) is 0 Å². The fourth-order valence-electron chi connectivity index (χ4n) is 4.83. The van der Waals surface area contributed by atoms with Crippen molar-refractivity contribution < 1.29 is 14.3 Å². The summed E-state index contributed by atoms with van der Waals surface area (Å²) in [6.45, 7) is 4.69. The average molecular weight is 298 g/mol. The molecule has 1 aliphatic heterocycles. The van der Waals surface area contributed by atoms with Gasteiger partial charge < -0.3 is 14.5 Å². The van der Waals surface area contributed by atoms with Crippen molar-refractivity contribution >= 4 is 16.8 Å². The molecule has 0 amide bonds. The SMILES string of the molecule is CC1(C)C2CCC1(c1nc3cc4c(cc3[nH]1)OCO4)C(=O)C2. The third-order valence-electron chi connectivity index (χ3n) is 6.28. The van der Waals surface area contributed by atoms with Crippen LogP contribution in [0.1, 0.15) is 38.9 Å². The molecule has 0 radical (unpaired) electrons. The van der Waals surface area contributed by atoms with Crippen LogP contribution in [0.2, 0.25) is 0 Å². The molecule has 1 N–H and O–H groups in total. The number of Topliss-reactive ketones (excluding diaryl/α,β-unsaturated/α-hetero) is 1. The van der Waals surface area contributed by atoms with Crippen molar-refractivity contribution in [3.63, 3.8) is 0 Å². The lowest BCUT2D eigenvalue weighted by molar-refractivity contribution is -0.124. The predicted molar refractivity (Wildman–Crippen MR) is 80.0 cm³/mol. The molecule has 2 heterocycles. The standard InChI is InChI=1S/C17H18N2O3/c1-16(2)9-3-4-17(16,14(20)5-9)15-18-10-6-12-13(22-8-21-12)7-11(10)19-15/h6-7,9H,3-5,8H2,1-2H3,(H,18,19). The number of nitrogens with zero attached hydrogens (tertiary/aromatic N) is 1. The molecule has 5 rings (SSSR count). The Balaban J connectivity index is 1.72. The van der Waals surface area contributed by atoms with Crippen LogP contribution in [0.15, 0.2) is 12.1 Å². The van der Waals surface area contributed by atoms with Crippen molar-refractivity contribution in [1.82, 2.24) is 9.97 Å². The molecule has 0 spiro atoms. The molecule has 2 aliphatic carbocycles. The summed E-state index contributed by atoms with van der Waals surface area (Å²) in [6.07, 6.45) is 2.70. The normalized spacial score (nSPS) is 31.4. The van der Waals surface area contributed by atoms with Crippen LogP contribution in [-0.4, -0.2) is 22.5 Å². The molecule has 114 valence electrons. The van der Waals surface area contributed by atoms with E-state index in [1.807, 2.05) is 12.1 Å². The lowest BCUT2D eigenvalue weighted by Crippen LogP contribution is -2.41. The fraction of sp³-hybridized carbons (Fsp3) is 0.529. The van der Waals surface area contributed by atoms with E-state index < -0.39 is 5.41 Å². The molecule has 3 aliphatic rings. The van der Waals surface area contributed by atoms with Crippen molar-refractivity contribution in [3.8, 4) is 11.5 Å². The topological polar surface area (TPSA) is 64.2 Å². The second kappa shape index (κ2) is 3.65. The minimum absolute atomic E-state index is 0.0340. The molecular weight excluding hydrogens is 280 g/mol. The highest BCUT2D eigenvalue weighted by Gasteiger charge is 2.66. The highest BCUT2D eigenvalue weighted by molar-refractivity contribution is 5.95. The Morgan fingerprint density at radius 3 is 2.73 bits per heavy atom. The van der Waals surface area contributed by atoms with Gasteiger partial charge in [-0.1, -0.05) is 13.8 Å². The number of rotatable bonds is 1. The number of ether oxygens (including phenoxy) is 2. The van der Waals surface area contributed by atoms with Crippen molar-refractivity contribution in [2.75, 3.05) is 6.79 Å². The molecular formula is C17H18N2O3. The molecule has 2 unspecified atom stereocenters. The van der Waals surface area contributed by atoms with Crippen molar-refractivity contribution in [3.05, 3.63) is 18.0 Å². The Morgan fingerprint density at radius 1 is 1.27 bits per heavy atom. The summed E-state index contributed by atoms with van der Waals surface area (Å²) in [5.74, 6) is 3.10. The smallest absolute Gasteiger partial charge is 0.231 e. The van der Waals surface area contributed by atoms with Gasteiger partial charge in [0.25, 0.3) is 0 Å². The molecule has 22 heavy (non-hydrogen) atoms. The molecule has 1 aromatic carbocycles. The maximum Gasteiger partial charge on any atom is 0.231 e. The van der Waals surface area contributed by atoms with Crippen molar-refractivity contribution in [1.29, 1.82) is 0 Å². The molecule has 5 nitrogen and oxygen atoms in total. The number of carbonyl (C=O) groups is 1. The van der Waals surface area contributed by atoms with Gasteiger partial charge in [-0.3, -0.25) is 4.79 Å². The Bertz CT molecular complexity index is 782. The van der Waals surface area contributed by atoms with E-state index >= 15 is 0 Å². The summed E-state index contributed by atoms with van der Waals surface area (Å²) in [7, 11) is 0. The first-order chi connectivity index (χ1) is 10.5. The van der Waals surface area contributed by atoms with Crippen LogP contribution in [0.5, 0.6) is 11.5 Å². The van der Waals surface area contributed by atoms with Crippen LogP contribution in [-0.2, 0) is 10.2 Å². The minimum Gasteiger partial charge on any atom is -0.454 e. The Morgan fingerprint density at radius 2 is 2.05 bits per heavy atom. The lowest BCUT2D eigenvalue weighted by Gasteiger charge is -2.34. The van der Waals surface area contributed by atoms with Crippen LogP contribution in [0.25, 0.3) is 11.0 Å². The maximum absolute atomic E-state index is 12.7. The fourth-order valence-corrected chi connectivity index (χ4v) is 4.83. The van der Waals surface area contributed by atoms with E-state index in [0.717, 1.165) is 41.2 Å². The highest BCUT2D eigenvalue weighted by atomic mass is 16.7. The Labute approximate surface area is 128 Å². The van der Waals surface area contributed by atoms with Gasteiger partial charge in [0, 0.05) is 18.6 Å². The molecule has 0 saturated heterocycles. The van der Waals surface area contributed by atoms with Gasteiger partial charge in [0.2, 0.25) is 6.79 Å². The number of hydrogen-bond donors (Lipinski definition) is 1. The van der Waals surface area contributed by atoms with E-state index in [0.29, 0.717) is 18.1 Å². The number of imidazole rings is 1. The molecule has 2 saturated carbocycles. The number of fused-ring (bicyclic) bond motifs is 4. The third-order valence-corrected chi connectivity index (χ3v) is 6.28. The first-order valence-electron chi connectivity index (χ1n) is 7.85. The zero-order chi connectivity index (χ0) is 15.1. The number of ketones is 1. The van der Waals surface area contributed by atoms with E-state index in [1.54, 1.807) is 0 Å². The average Bonchev–Trinajstić information content (AvgIpc) is 3.17. The van der Waals surface area contributed by atoms with Crippen molar-refractivity contribution in [2.45, 2.75) is 38.5 Å². The van der Waals surface area contributed by atoms with Gasteiger partial charge in [0.05, 0.1) is 16.4 Å². The number of carbonyl (C=O) groups excluding carboxylic acids is 1. The summed E-state index contributed by atoms with van der Waals surface area (Å²) >= 11 is 0. The first-order valence-corrected chi connectivity index (χ1v) is 7.85. The number of hydrogen-bond acceptors (Lipinski definition) is 4. The van der Waals surface area contributed by atoms with Gasteiger partial charge in [0.15, 0.2) is 11.5 Å². The van der Waals surface area contributed by atoms with Crippen LogP contribution in [0, 0.1) is 11.3 Å². The largest absolute Gasteiger partial charge is 0.454 e. The molecule has 2 bridgehead atoms. The summed E-state index contributed by atoms with van der Waals surface area (Å²) in [6, 6.07) is 3.82. The summed E-state index contributed by atoms with van der Waals surface area (Å²) in [5.41, 5.74) is 1.26. The van der Waals surface area contributed by atoms with Gasteiger partial charge in [-0.05, 0) is 24.2 Å².